The number of aliphatic carboxylic acids is 1. The predicted molar refractivity (Wildman–Crippen MR) is 138 cm³/mol. The van der Waals surface area contributed by atoms with Gasteiger partial charge in [-0.15, -0.1) is 0 Å². The molecular formula is C28H36N2O5. The van der Waals surface area contributed by atoms with Gasteiger partial charge in [0.1, 0.15) is 12.0 Å². The van der Waals surface area contributed by atoms with Crippen LogP contribution in [0.3, 0.4) is 0 Å². The first-order chi connectivity index (χ1) is 16.4. The summed E-state index contributed by atoms with van der Waals surface area (Å²) in [6.07, 6.45) is 5.74. The van der Waals surface area contributed by atoms with Crippen LogP contribution in [0.1, 0.15) is 58.6 Å². The van der Waals surface area contributed by atoms with Gasteiger partial charge in [-0.25, -0.2) is 0 Å². The average Bonchev–Trinajstić information content (AvgIpc) is 2.81. The highest BCUT2D eigenvalue weighted by Crippen LogP contribution is 2.36. The van der Waals surface area contributed by atoms with Crippen LogP contribution >= 0.6 is 0 Å². The van der Waals surface area contributed by atoms with E-state index in [1.807, 2.05) is 49.2 Å². The predicted octanol–water partition coefficient (Wildman–Crippen LogP) is 5.04. The molecule has 0 saturated carbocycles. The Bertz CT molecular complexity index is 1090. The highest BCUT2D eigenvalue weighted by Gasteiger charge is 2.21. The Balaban J connectivity index is 0.000000784. The van der Waals surface area contributed by atoms with Crippen molar-refractivity contribution in [3.8, 4) is 5.75 Å². The van der Waals surface area contributed by atoms with E-state index in [1.54, 1.807) is 40.1 Å². The molecule has 0 radical (unpaired) electrons. The summed E-state index contributed by atoms with van der Waals surface area (Å²) in [5.74, 6) is -0.121. The summed E-state index contributed by atoms with van der Waals surface area (Å²) >= 11 is 0. The molecule has 0 unspecified atom stereocenters. The number of carbonyl (C=O) groups excluding carboxylic acids is 1. The Morgan fingerprint density at radius 1 is 1.17 bits per heavy atom. The number of carboxylic acid groups (broad SMARTS) is 1. The monoisotopic (exact) mass is 480 g/mol. The third-order valence-corrected chi connectivity index (χ3v) is 5.39. The van der Waals surface area contributed by atoms with Crippen molar-refractivity contribution in [3.63, 3.8) is 0 Å². The van der Waals surface area contributed by atoms with Crippen LogP contribution < -0.4 is 9.64 Å². The maximum absolute atomic E-state index is 11.6. The highest BCUT2D eigenvalue weighted by atomic mass is 16.5. The number of allylic oxidation sites excluding steroid dienone is 3. The number of aliphatic hydroxyl groups is 1. The van der Waals surface area contributed by atoms with Gasteiger partial charge in [0.2, 0.25) is 0 Å². The summed E-state index contributed by atoms with van der Waals surface area (Å²) in [4.78, 5) is 29.3. The number of fused-ring (bicyclic) bond motifs is 1. The average molecular weight is 481 g/mol. The van der Waals surface area contributed by atoms with Crippen LogP contribution in [0.5, 0.6) is 5.75 Å². The topological polar surface area (TPSA) is 100.0 Å². The summed E-state index contributed by atoms with van der Waals surface area (Å²) in [6.45, 7) is 9.53. The number of ether oxygens (including phenoxy) is 1. The molecule has 0 bridgehead atoms. The highest BCUT2D eigenvalue weighted by molar-refractivity contribution is 5.93. The number of nitrogens with zero attached hydrogens (tertiary/aromatic N) is 2. The normalized spacial score (nSPS) is 14.3. The number of benzene rings is 1. The van der Waals surface area contributed by atoms with Crippen LogP contribution in [-0.2, 0) is 16.0 Å². The van der Waals surface area contributed by atoms with E-state index >= 15 is 0 Å². The molecule has 0 aliphatic carbocycles. The van der Waals surface area contributed by atoms with Crippen molar-refractivity contribution in [1.29, 1.82) is 0 Å². The molecule has 0 saturated heterocycles. The fourth-order valence-electron chi connectivity index (χ4n) is 3.69. The smallest absolute Gasteiger partial charge is 0.307 e. The van der Waals surface area contributed by atoms with Gasteiger partial charge in [-0.2, -0.15) is 0 Å². The fourth-order valence-corrected chi connectivity index (χ4v) is 3.69. The zero-order valence-corrected chi connectivity index (χ0v) is 21.5. The standard InChI is InChI=1S/C24H26N2O4.C4H10O/c1-16(15-27)21(14-23(28)29)24(17(2)26(3)20-8-10-25-11-9-20)19-6-7-22-18(13-19)5-4-12-30-22;1-4(2,3)5/h6-11,13,15H,4-5,12,14H2,1-3H3,(H,28,29);5H,1-3H3/b21-16-,24-17-;. The Morgan fingerprint density at radius 3 is 2.37 bits per heavy atom. The zero-order valence-electron chi connectivity index (χ0n) is 21.5. The first-order valence-electron chi connectivity index (χ1n) is 11.6. The Labute approximate surface area is 207 Å². The van der Waals surface area contributed by atoms with E-state index in [1.165, 1.54) is 0 Å². The minimum atomic E-state index is -0.982. The molecule has 0 fully saturated rings. The number of aryl methyl sites for hydroxylation is 1. The zero-order chi connectivity index (χ0) is 26.2. The lowest BCUT2D eigenvalue weighted by atomic mass is 9.88. The summed E-state index contributed by atoms with van der Waals surface area (Å²) in [7, 11) is 1.92. The molecule has 1 aromatic carbocycles. The molecule has 3 rings (SSSR count). The molecule has 35 heavy (non-hydrogen) atoms. The van der Waals surface area contributed by atoms with Gasteiger partial charge in [0, 0.05) is 36.4 Å². The van der Waals surface area contributed by atoms with Gasteiger partial charge in [0.05, 0.1) is 18.6 Å². The van der Waals surface area contributed by atoms with E-state index in [2.05, 4.69) is 4.98 Å². The van der Waals surface area contributed by atoms with Crippen molar-refractivity contribution in [3.05, 3.63) is 70.7 Å². The van der Waals surface area contributed by atoms with E-state index in [-0.39, 0.29) is 6.42 Å². The molecule has 1 aliphatic rings. The molecule has 1 aliphatic heterocycles. The number of carboxylic acids is 1. The van der Waals surface area contributed by atoms with E-state index < -0.39 is 11.6 Å². The molecule has 0 atom stereocenters. The number of hydrogen-bond acceptors (Lipinski definition) is 6. The van der Waals surface area contributed by atoms with Crippen molar-refractivity contribution in [1.82, 2.24) is 4.98 Å². The lowest BCUT2D eigenvalue weighted by Gasteiger charge is -2.26. The Morgan fingerprint density at radius 2 is 1.80 bits per heavy atom. The van der Waals surface area contributed by atoms with E-state index in [4.69, 9.17) is 9.84 Å². The van der Waals surface area contributed by atoms with Crippen LogP contribution in [0.2, 0.25) is 0 Å². The second kappa shape index (κ2) is 12.3. The van der Waals surface area contributed by atoms with Gasteiger partial charge < -0.3 is 19.8 Å². The first kappa shape index (κ1) is 27.8. The number of anilines is 1. The Hall–Kier alpha value is -3.45. The van der Waals surface area contributed by atoms with Crippen molar-refractivity contribution >= 4 is 23.5 Å². The molecule has 0 amide bonds. The second-order valence-electron chi connectivity index (χ2n) is 9.52. The number of aldehydes is 1. The Kier molecular flexibility index (Phi) is 9.78. The van der Waals surface area contributed by atoms with Crippen molar-refractivity contribution < 1.29 is 24.5 Å². The fraction of sp³-hybridized carbons (Fsp3) is 0.393. The van der Waals surface area contributed by atoms with Gasteiger partial charge in [0.25, 0.3) is 0 Å². The SMILES string of the molecule is C/C(C=O)=C(CC(=O)O)/C(=C(/C)N(C)c1ccncc1)c1ccc2c(c1)CCCO2.CC(C)(C)O. The van der Waals surface area contributed by atoms with E-state index in [0.717, 1.165) is 53.0 Å². The number of rotatable bonds is 7. The molecule has 188 valence electrons. The molecule has 7 nitrogen and oxygen atoms in total. The molecule has 2 N–H and O–H groups in total. The van der Waals surface area contributed by atoms with Crippen LogP contribution in [-0.4, -0.2) is 46.7 Å². The van der Waals surface area contributed by atoms with Gasteiger partial charge >= 0.3 is 5.97 Å². The molecule has 0 spiro atoms. The van der Waals surface area contributed by atoms with Crippen molar-refractivity contribution in [2.24, 2.45) is 0 Å². The quantitative estimate of drug-likeness (QED) is 0.325. The van der Waals surface area contributed by atoms with Crippen LogP contribution in [0.25, 0.3) is 5.57 Å². The summed E-state index contributed by atoms with van der Waals surface area (Å²) in [5.41, 5.74) is 4.88. The van der Waals surface area contributed by atoms with E-state index in [9.17, 15) is 14.7 Å². The first-order valence-corrected chi connectivity index (χ1v) is 11.6. The van der Waals surface area contributed by atoms with Gasteiger partial charge in [-0.05, 0) is 94.0 Å². The molecule has 7 heteroatoms. The lowest BCUT2D eigenvalue weighted by Crippen LogP contribution is -2.18. The summed E-state index contributed by atoms with van der Waals surface area (Å²) in [6, 6.07) is 9.68. The largest absolute Gasteiger partial charge is 0.493 e. The number of carbonyl (C=O) groups is 2. The molecule has 2 heterocycles. The number of aromatic nitrogens is 1. The van der Waals surface area contributed by atoms with Crippen LogP contribution in [0.15, 0.2) is 59.6 Å². The molecule has 1 aromatic heterocycles. The maximum atomic E-state index is 11.6. The number of hydrogen-bond donors (Lipinski definition) is 2. The third kappa shape index (κ3) is 8.37. The maximum Gasteiger partial charge on any atom is 0.307 e. The minimum absolute atomic E-state index is 0.241. The van der Waals surface area contributed by atoms with Gasteiger partial charge in [0.15, 0.2) is 0 Å². The third-order valence-electron chi connectivity index (χ3n) is 5.39. The van der Waals surface area contributed by atoms with Gasteiger partial charge in [-0.1, -0.05) is 6.07 Å². The number of pyridine rings is 1. The van der Waals surface area contributed by atoms with Gasteiger partial charge in [-0.3, -0.25) is 14.6 Å². The summed E-state index contributed by atoms with van der Waals surface area (Å²) in [5, 5.41) is 18.1. The van der Waals surface area contributed by atoms with E-state index in [0.29, 0.717) is 17.8 Å². The lowest BCUT2D eigenvalue weighted by molar-refractivity contribution is -0.136. The minimum Gasteiger partial charge on any atom is -0.493 e. The van der Waals surface area contributed by atoms with Crippen LogP contribution in [0, 0.1) is 0 Å². The van der Waals surface area contributed by atoms with Crippen molar-refractivity contribution in [2.45, 2.75) is 59.5 Å². The van der Waals surface area contributed by atoms with Crippen LogP contribution in [0.4, 0.5) is 5.69 Å². The molecular weight excluding hydrogens is 444 g/mol. The van der Waals surface area contributed by atoms with Crippen molar-refractivity contribution in [2.75, 3.05) is 18.6 Å². The second-order valence-corrected chi connectivity index (χ2v) is 9.52. The molecule has 2 aromatic rings. The summed E-state index contributed by atoms with van der Waals surface area (Å²) < 4.78 is 5.73.